The monoisotopic (exact) mass is 538 g/mol. The van der Waals surface area contributed by atoms with Gasteiger partial charge in [-0.3, -0.25) is 14.5 Å². The molecule has 0 bridgehead atoms. The third-order valence-electron chi connectivity index (χ3n) is 5.70. The second-order valence-electron chi connectivity index (χ2n) is 7.76. The van der Waals surface area contributed by atoms with Crippen molar-refractivity contribution in [3.8, 4) is 0 Å². The van der Waals surface area contributed by atoms with Crippen LogP contribution in [0.15, 0.2) is 71.9 Å². The van der Waals surface area contributed by atoms with E-state index < -0.39 is 40.9 Å². The molecule has 2 amide bonds. The van der Waals surface area contributed by atoms with Crippen LogP contribution in [0.1, 0.15) is 17.2 Å². The Balaban J connectivity index is 1.64. The summed E-state index contributed by atoms with van der Waals surface area (Å²) in [6, 6.07) is 18.1. The first-order chi connectivity index (χ1) is 17.3. The molecule has 8 nitrogen and oxygen atoms in total. The normalized spacial score (nSPS) is 21.3. The molecule has 2 aromatic rings. The zero-order valence-electron chi connectivity index (χ0n) is 18.9. The van der Waals surface area contributed by atoms with Crippen molar-refractivity contribution < 1.29 is 37.4 Å². The number of esters is 1. The Kier molecular flexibility index (Phi) is 7.94. The molecule has 1 saturated heterocycles. The van der Waals surface area contributed by atoms with E-state index in [0.29, 0.717) is 11.1 Å². The Morgan fingerprint density at radius 3 is 2.25 bits per heavy atom. The average Bonchev–Trinajstić information content (AvgIpc) is 2.89. The minimum absolute atomic E-state index is 0.143. The molecule has 2 aromatic carbocycles. The summed E-state index contributed by atoms with van der Waals surface area (Å²) in [5.41, 5.74) is -0.548. The third kappa shape index (κ3) is 4.83. The third-order valence-corrected chi connectivity index (χ3v) is 6.52. The van der Waals surface area contributed by atoms with Gasteiger partial charge in [0.15, 0.2) is 12.3 Å². The number of fused-ring (bicyclic) bond motifs is 1. The molecule has 12 heteroatoms. The molecule has 190 valence electrons. The van der Waals surface area contributed by atoms with Crippen LogP contribution in [-0.2, 0) is 23.8 Å². The molecule has 1 N–H and O–H groups in total. The summed E-state index contributed by atoms with van der Waals surface area (Å²) < 4.78 is 42.0. The fourth-order valence-electron chi connectivity index (χ4n) is 4.04. The van der Waals surface area contributed by atoms with E-state index >= 15 is 0 Å². The van der Waals surface area contributed by atoms with Gasteiger partial charge < -0.3 is 19.5 Å². The largest absolute Gasteiger partial charge is 0.448 e. The van der Waals surface area contributed by atoms with Gasteiger partial charge in [-0.1, -0.05) is 60.7 Å². The SMILES string of the molecule is CO[C@@]1(NC(=O)SC(F)F)C(=O)N2C(C(=O)OC(c3ccccc3)c3ccccc3)=C(CCl)COC21. The standard InChI is InChI=1S/C24H21ClF2N2O6S/c1-33-24(28-23(32)36-22(26)27)20(31)29-17(16(12-25)13-34-21(24)29)19(30)35-18(14-8-4-2-5-9-14)15-10-6-3-7-11-15/h2-11,18,21-22H,12-13H2,1H3,(H,28,32)/t21?,24-/m0/s1. The van der Waals surface area contributed by atoms with Crippen molar-refractivity contribution in [1.82, 2.24) is 10.2 Å². The van der Waals surface area contributed by atoms with Crippen LogP contribution in [0, 0.1) is 0 Å². The highest BCUT2D eigenvalue weighted by molar-refractivity contribution is 8.13. The summed E-state index contributed by atoms with van der Waals surface area (Å²) in [6.07, 6.45) is -2.09. The zero-order chi connectivity index (χ0) is 25.9. The van der Waals surface area contributed by atoms with Gasteiger partial charge in [-0.2, -0.15) is 8.78 Å². The lowest BCUT2D eigenvalue weighted by atomic mass is 9.94. The highest BCUT2D eigenvalue weighted by Gasteiger charge is 2.67. The van der Waals surface area contributed by atoms with Crippen LogP contribution in [-0.4, -0.2) is 59.3 Å². The fraction of sp³-hybridized carbons (Fsp3) is 0.292. The minimum atomic E-state index is -3.00. The predicted molar refractivity (Wildman–Crippen MR) is 127 cm³/mol. The second-order valence-corrected chi connectivity index (χ2v) is 8.99. The van der Waals surface area contributed by atoms with Crippen molar-refractivity contribution in [2.75, 3.05) is 19.6 Å². The molecule has 0 aliphatic carbocycles. The van der Waals surface area contributed by atoms with Gasteiger partial charge in [-0.25, -0.2) is 4.79 Å². The number of carbonyl (C=O) groups excluding carboxylic acids is 3. The van der Waals surface area contributed by atoms with Crippen LogP contribution < -0.4 is 5.32 Å². The number of β-lactam (4-membered cyclic amide) rings is 1. The van der Waals surface area contributed by atoms with E-state index in [1.165, 1.54) is 0 Å². The molecule has 4 rings (SSSR count). The summed E-state index contributed by atoms with van der Waals surface area (Å²) in [4.78, 5) is 39.6. The molecule has 2 aliphatic rings. The molecular weight excluding hydrogens is 518 g/mol. The van der Waals surface area contributed by atoms with E-state index in [9.17, 15) is 23.2 Å². The van der Waals surface area contributed by atoms with E-state index in [-0.39, 0.29) is 35.5 Å². The van der Waals surface area contributed by atoms with Gasteiger partial charge in [0.25, 0.3) is 22.6 Å². The molecule has 1 unspecified atom stereocenters. The van der Waals surface area contributed by atoms with Gasteiger partial charge in [-0.15, -0.1) is 11.6 Å². The maximum atomic E-state index is 13.5. The van der Waals surface area contributed by atoms with E-state index in [4.69, 9.17) is 25.8 Å². The van der Waals surface area contributed by atoms with E-state index in [2.05, 4.69) is 5.32 Å². The van der Waals surface area contributed by atoms with Crippen LogP contribution in [0.5, 0.6) is 0 Å². The van der Waals surface area contributed by atoms with Crippen molar-refractivity contribution in [1.29, 1.82) is 0 Å². The highest BCUT2D eigenvalue weighted by atomic mass is 35.5. The number of methoxy groups -OCH3 is 1. The smallest absolute Gasteiger partial charge is 0.356 e. The lowest BCUT2D eigenvalue weighted by molar-refractivity contribution is -0.255. The van der Waals surface area contributed by atoms with Crippen molar-refractivity contribution in [2.24, 2.45) is 0 Å². The molecule has 2 atom stereocenters. The van der Waals surface area contributed by atoms with Gasteiger partial charge >= 0.3 is 5.97 Å². The van der Waals surface area contributed by atoms with Gasteiger partial charge in [-0.05, 0) is 11.1 Å². The van der Waals surface area contributed by atoms with E-state index in [1.54, 1.807) is 48.5 Å². The molecule has 0 spiro atoms. The number of ether oxygens (including phenoxy) is 3. The number of hydrogen-bond acceptors (Lipinski definition) is 7. The number of amides is 2. The summed E-state index contributed by atoms with van der Waals surface area (Å²) in [5, 5.41) is 0.955. The summed E-state index contributed by atoms with van der Waals surface area (Å²) in [6.45, 7) is -0.174. The first-order valence-corrected chi connectivity index (χ1v) is 12.1. The highest BCUT2D eigenvalue weighted by Crippen LogP contribution is 2.42. The zero-order valence-corrected chi connectivity index (χ0v) is 20.4. The summed E-state index contributed by atoms with van der Waals surface area (Å²) in [7, 11) is 1.12. The Morgan fingerprint density at radius 1 is 1.17 bits per heavy atom. The van der Waals surface area contributed by atoms with E-state index in [0.717, 1.165) is 12.0 Å². The van der Waals surface area contributed by atoms with Crippen LogP contribution >= 0.6 is 23.4 Å². The van der Waals surface area contributed by atoms with Crippen LogP contribution in [0.3, 0.4) is 0 Å². The second kappa shape index (κ2) is 11.0. The van der Waals surface area contributed by atoms with Crippen molar-refractivity contribution in [2.45, 2.75) is 23.8 Å². The van der Waals surface area contributed by atoms with Crippen LogP contribution in [0.2, 0.25) is 0 Å². The van der Waals surface area contributed by atoms with Crippen molar-refractivity contribution in [3.05, 3.63) is 83.1 Å². The first-order valence-electron chi connectivity index (χ1n) is 10.7. The number of nitrogens with zero attached hydrogens (tertiary/aromatic N) is 1. The Hall–Kier alpha value is -2.99. The molecule has 36 heavy (non-hydrogen) atoms. The van der Waals surface area contributed by atoms with Crippen LogP contribution in [0.25, 0.3) is 0 Å². The van der Waals surface area contributed by atoms with Gasteiger partial charge in [0, 0.05) is 30.3 Å². The van der Waals surface area contributed by atoms with Gasteiger partial charge in [0.05, 0.1) is 6.61 Å². The van der Waals surface area contributed by atoms with Gasteiger partial charge in [0.2, 0.25) is 0 Å². The van der Waals surface area contributed by atoms with Crippen LogP contribution in [0.4, 0.5) is 13.6 Å². The lowest BCUT2D eigenvalue weighted by Crippen LogP contribution is -2.82. The lowest BCUT2D eigenvalue weighted by Gasteiger charge is -2.55. The number of rotatable bonds is 8. The number of benzene rings is 2. The summed E-state index contributed by atoms with van der Waals surface area (Å²) >= 11 is 5.74. The number of carbonyl (C=O) groups is 3. The molecule has 2 aliphatic heterocycles. The Morgan fingerprint density at radius 2 is 1.75 bits per heavy atom. The Bertz CT molecular complexity index is 1130. The number of hydrogen-bond donors (Lipinski definition) is 1. The van der Waals surface area contributed by atoms with Crippen molar-refractivity contribution in [3.63, 3.8) is 0 Å². The Labute approximate surface area is 214 Å². The van der Waals surface area contributed by atoms with Crippen molar-refractivity contribution >= 4 is 40.5 Å². The number of alkyl halides is 3. The molecule has 0 aromatic heterocycles. The fourth-order valence-corrected chi connectivity index (χ4v) is 4.62. The first kappa shape index (κ1) is 26.1. The predicted octanol–water partition coefficient (Wildman–Crippen LogP) is 4.02. The molecule has 2 heterocycles. The maximum absolute atomic E-state index is 13.5. The molecule has 1 fully saturated rings. The molecule has 0 radical (unpaired) electrons. The topological polar surface area (TPSA) is 94.2 Å². The molecule has 0 saturated carbocycles. The van der Waals surface area contributed by atoms with E-state index in [1.807, 2.05) is 12.1 Å². The maximum Gasteiger partial charge on any atom is 0.356 e. The number of thioether (sulfide) groups is 1. The molecular formula is C24H21ClF2N2O6S. The quantitative estimate of drug-likeness (QED) is 0.235. The minimum Gasteiger partial charge on any atom is -0.448 e. The average molecular weight is 539 g/mol. The number of nitrogens with one attached hydrogen (secondary N) is 1. The number of halogens is 3. The van der Waals surface area contributed by atoms with Gasteiger partial charge in [0.1, 0.15) is 5.70 Å². The summed E-state index contributed by atoms with van der Waals surface area (Å²) in [5.74, 6) is -4.87.